The highest BCUT2D eigenvalue weighted by molar-refractivity contribution is 5.44. The van der Waals surface area contributed by atoms with E-state index in [0.717, 1.165) is 29.4 Å². The number of benzene rings is 1. The number of rotatable bonds is 4. The molecule has 0 radical (unpaired) electrons. The lowest BCUT2D eigenvalue weighted by molar-refractivity contribution is 0.173. The Bertz CT molecular complexity index is 691. The van der Waals surface area contributed by atoms with Crippen LogP contribution in [0.1, 0.15) is 51.0 Å². The molecule has 3 rings (SSSR count). The minimum atomic E-state index is -0.114. The molecule has 2 heterocycles. The molecular weight excluding hydrogens is 294 g/mol. The van der Waals surface area contributed by atoms with Gasteiger partial charge in [-0.3, -0.25) is 4.90 Å². The van der Waals surface area contributed by atoms with E-state index in [1.807, 2.05) is 25.2 Å². The van der Waals surface area contributed by atoms with Crippen molar-refractivity contribution in [3.8, 4) is 11.5 Å². The lowest BCUT2D eigenvalue weighted by atomic mass is 9.96. The lowest BCUT2D eigenvalue weighted by Crippen LogP contribution is -2.22. The summed E-state index contributed by atoms with van der Waals surface area (Å²) in [6, 6.07) is 6.04. The number of aromatic nitrogens is 2. The van der Waals surface area contributed by atoms with Gasteiger partial charge in [-0.25, -0.2) is 0 Å². The molecule has 1 aromatic heterocycles. The maximum absolute atomic E-state index is 5.44. The molecule has 0 amide bonds. The molecule has 6 nitrogen and oxygen atoms in total. The zero-order chi connectivity index (χ0) is 16.6. The molecule has 0 aliphatic carbocycles. The summed E-state index contributed by atoms with van der Waals surface area (Å²) in [6.07, 6.45) is 0. The Labute approximate surface area is 136 Å². The Balaban J connectivity index is 1.70. The van der Waals surface area contributed by atoms with Crippen LogP contribution in [-0.2, 0) is 12.0 Å². The van der Waals surface area contributed by atoms with Crippen molar-refractivity contribution in [2.45, 2.75) is 45.7 Å². The molecule has 1 aliphatic heterocycles. The van der Waals surface area contributed by atoms with Gasteiger partial charge in [0.05, 0.1) is 6.04 Å². The molecule has 0 bridgehead atoms. The zero-order valence-corrected chi connectivity index (χ0v) is 14.3. The summed E-state index contributed by atoms with van der Waals surface area (Å²) < 4.78 is 16.2. The van der Waals surface area contributed by atoms with Gasteiger partial charge in [-0.05, 0) is 31.7 Å². The van der Waals surface area contributed by atoms with Crippen LogP contribution >= 0.6 is 0 Å². The fraction of sp³-hybridized carbons (Fsp3) is 0.529. The second-order valence-corrected chi connectivity index (χ2v) is 6.98. The first-order chi connectivity index (χ1) is 10.8. The van der Waals surface area contributed by atoms with Crippen LogP contribution in [0.5, 0.6) is 11.5 Å². The van der Waals surface area contributed by atoms with E-state index in [1.54, 1.807) is 0 Å². The van der Waals surface area contributed by atoms with Crippen LogP contribution in [0.3, 0.4) is 0 Å². The summed E-state index contributed by atoms with van der Waals surface area (Å²) in [5.41, 5.74) is 1.04. The Morgan fingerprint density at radius 1 is 1.22 bits per heavy atom. The van der Waals surface area contributed by atoms with Crippen LogP contribution in [0.15, 0.2) is 22.7 Å². The Hall–Kier alpha value is -2.08. The molecule has 0 N–H and O–H groups in total. The highest BCUT2D eigenvalue weighted by Gasteiger charge is 2.25. The van der Waals surface area contributed by atoms with Crippen molar-refractivity contribution in [2.75, 3.05) is 13.8 Å². The molecule has 23 heavy (non-hydrogen) atoms. The van der Waals surface area contributed by atoms with Gasteiger partial charge in [0.15, 0.2) is 17.3 Å². The number of nitrogens with zero attached hydrogens (tertiary/aromatic N) is 3. The van der Waals surface area contributed by atoms with Crippen molar-refractivity contribution in [3.63, 3.8) is 0 Å². The summed E-state index contributed by atoms with van der Waals surface area (Å²) in [5, 5.41) is 4.10. The second kappa shape index (κ2) is 5.85. The standard InChI is InChI=1S/C17H23N3O3/c1-11(15-18-16(19-23-15)17(2,3)4)20(5)9-12-6-7-13-14(8-12)22-10-21-13/h6-8,11H,9-10H2,1-5H3/t11-/m1/s1. The molecule has 0 unspecified atom stereocenters. The summed E-state index contributed by atoms with van der Waals surface area (Å²) >= 11 is 0. The quantitative estimate of drug-likeness (QED) is 0.862. The number of ether oxygens (including phenoxy) is 2. The van der Waals surface area contributed by atoms with Crippen molar-refractivity contribution in [1.82, 2.24) is 15.0 Å². The smallest absolute Gasteiger partial charge is 0.243 e. The summed E-state index contributed by atoms with van der Waals surface area (Å²) in [7, 11) is 2.04. The Morgan fingerprint density at radius 3 is 2.65 bits per heavy atom. The summed E-state index contributed by atoms with van der Waals surface area (Å²) in [6.45, 7) is 9.33. The molecule has 0 spiro atoms. The van der Waals surface area contributed by atoms with Crippen LogP contribution in [-0.4, -0.2) is 28.9 Å². The van der Waals surface area contributed by atoms with Crippen LogP contribution in [0.25, 0.3) is 0 Å². The highest BCUT2D eigenvalue weighted by atomic mass is 16.7. The predicted octanol–water partition coefficient (Wildman–Crippen LogP) is 3.29. The third kappa shape index (κ3) is 3.32. The fourth-order valence-electron chi connectivity index (χ4n) is 2.36. The maximum atomic E-state index is 5.44. The van der Waals surface area contributed by atoms with Gasteiger partial charge in [-0.2, -0.15) is 4.98 Å². The molecule has 124 valence electrons. The van der Waals surface area contributed by atoms with Gasteiger partial charge in [0.25, 0.3) is 0 Å². The van der Waals surface area contributed by atoms with Crippen molar-refractivity contribution in [3.05, 3.63) is 35.5 Å². The van der Waals surface area contributed by atoms with Crippen LogP contribution in [0.2, 0.25) is 0 Å². The predicted molar refractivity (Wildman–Crippen MR) is 85.4 cm³/mol. The summed E-state index contributed by atoms with van der Waals surface area (Å²) in [4.78, 5) is 6.70. The van der Waals surface area contributed by atoms with Gasteiger partial charge in [0, 0.05) is 12.0 Å². The molecule has 0 fully saturated rings. The average Bonchev–Trinajstić information content (AvgIpc) is 3.14. The van der Waals surface area contributed by atoms with Gasteiger partial charge >= 0.3 is 0 Å². The zero-order valence-electron chi connectivity index (χ0n) is 14.3. The Kier molecular flexibility index (Phi) is 4.02. The average molecular weight is 317 g/mol. The molecule has 0 saturated carbocycles. The van der Waals surface area contributed by atoms with Gasteiger partial charge in [0.1, 0.15) is 0 Å². The van der Waals surface area contributed by atoms with Gasteiger partial charge in [-0.1, -0.05) is 32.0 Å². The van der Waals surface area contributed by atoms with E-state index in [9.17, 15) is 0 Å². The minimum Gasteiger partial charge on any atom is -0.454 e. The topological polar surface area (TPSA) is 60.6 Å². The SMILES string of the molecule is C[C@H](c1nc(C(C)(C)C)no1)N(C)Cc1ccc2c(c1)OCO2. The van der Waals surface area contributed by atoms with E-state index in [-0.39, 0.29) is 11.5 Å². The fourth-order valence-corrected chi connectivity index (χ4v) is 2.36. The van der Waals surface area contributed by atoms with Gasteiger partial charge < -0.3 is 14.0 Å². The molecule has 6 heteroatoms. The first kappa shape index (κ1) is 15.8. The van der Waals surface area contributed by atoms with Crippen LogP contribution in [0.4, 0.5) is 0 Å². The van der Waals surface area contributed by atoms with E-state index in [4.69, 9.17) is 14.0 Å². The van der Waals surface area contributed by atoms with Crippen molar-refractivity contribution < 1.29 is 14.0 Å². The first-order valence-corrected chi connectivity index (χ1v) is 7.77. The van der Waals surface area contributed by atoms with Gasteiger partial charge in [0.2, 0.25) is 12.7 Å². The van der Waals surface area contributed by atoms with Gasteiger partial charge in [-0.15, -0.1) is 0 Å². The Morgan fingerprint density at radius 2 is 1.96 bits per heavy atom. The molecular formula is C17H23N3O3. The summed E-state index contributed by atoms with van der Waals surface area (Å²) in [5.74, 6) is 2.97. The molecule has 2 aromatic rings. The molecule has 1 aromatic carbocycles. The first-order valence-electron chi connectivity index (χ1n) is 7.77. The van der Waals surface area contributed by atoms with Crippen molar-refractivity contribution in [2.24, 2.45) is 0 Å². The van der Waals surface area contributed by atoms with Crippen molar-refractivity contribution in [1.29, 1.82) is 0 Å². The highest BCUT2D eigenvalue weighted by Crippen LogP contribution is 2.33. The largest absolute Gasteiger partial charge is 0.454 e. The van der Waals surface area contributed by atoms with Crippen molar-refractivity contribution >= 4 is 0 Å². The molecule has 0 saturated heterocycles. The maximum Gasteiger partial charge on any atom is 0.243 e. The van der Waals surface area contributed by atoms with Crippen LogP contribution in [0, 0.1) is 0 Å². The third-order valence-electron chi connectivity index (χ3n) is 4.00. The van der Waals surface area contributed by atoms with E-state index in [0.29, 0.717) is 12.7 Å². The monoisotopic (exact) mass is 317 g/mol. The van der Waals surface area contributed by atoms with E-state index in [1.165, 1.54) is 0 Å². The lowest BCUT2D eigenvalue weighted by Gasteiger charge is -2.21. The van der Waals surface area contributed by atoms with E-state index in [2.05, 4.69) is 42.7 Å². The second-order valence-electron chi connectivity index (χ2n) is 6.98. The third-order valence-corrected chi connectivity index (χ3v) is 4.00. The van der Waals surface area contributed by atoms with E-state index < -0.39 is 0 Å². The van der Waals surface area contributed by atoms with E-state index >= 15 is 0 Å². The number of fused-ring (bicyclic) bond motifs is 1. The minimum absolute atomic E-state index is 0.0315. The number of hydrogen-bond donors (Lipinski definition) is 0. The van der Waals surface area contributed by atoms with Crippen LogP contribution < -0.4 is 9.47 Å². The molecule has 1 atom stereocenters. The normalized spacial score (nSPS) is 15.2. The number of hydrogen-bond acceptors (Lipinski definition) is 6. The molecule has 1 aliphatic rings.